The molecule has 3 heteroatoms. The number of para-hydroxylation sites is 1. The summed E-state index contributed by atoms with van der Waals surface area (Å²) in [4.78, 5) is 0. The average Bonchev–Trinajstić information content (AvgIpc) is 2.54. The molecule has 0 saturated carbocycles. The number of hydrogen-bond acceptors (Lipinski definition) is 3. The Kier molecular flexibility index (Phi) is 3.80. The molecule has 0 spiro atoms. The maximum absolute atomic E-state index is 10.3. The third kappa shape index (κ3) is 3.22. The van der Waals surface area contributed by atoms with Crippen molar-refractivity contribution in [1.29, 1.82) is 0 Å². The van der Waals surface area contributed by atoms with E-state index >= 15 is 0 Å². The monoisotopic (exact) mass is 221 g/mol. The zero-order valence-corrected chi connectivity index (χ0v) is 9.48. The van der Waals surface area contributed by atoms with Gasteiger partial charge in [-0.1, -0.05) is 18.2 Å². The molecule has 3 nitrogen and oxygen atoms in total. The van der Waals surface area contributed by atoms with Gasteiger partial charge in [-0.05, 0) is 44.5 Å². The molecule has 16 heavy (non-hydrogen) atoms. The molecule has 1 saturated heterocycles. The summed E-state index contributed by atoms with van der Waals surface area (Å²) < 4.78 is 5.63. The third-order valence-electron chi connectivity index (χ3n) is 3.01. The second kappa shape index (κ2) is 5.32. The van der Waals surface area contributed by atoms with Gasteiger partial charge in [0.1, 0.15) is 12.4 Å². The zero-order chi connectivity index (χ0) is 11.3. The molecule has 88 valence electrons. The molecule has 1 aliphatic rings. The van der Waals surface area contributed by atoms with Gasteiger partial charge in [-0.15, -0.1) is 0 Å². The van der Waals surface area contributed by atoms with Gasteiger partial charge < -0.3 is 15.2 Å². The molecule has 1 heterocycles. The van der Waals surface area contributed by atoms with Crippen LogP contribution in [0.3, 0.4) is 0 Å². The molecule has 0 aliphatic carbocycles. The fourth-order valence-corrected chi connectivity index (χ4v) is 1.99. The topological polar surface area (TPSA) is 41.5 Å². The second-order valence-corrected chi connectivity index (χ2v) is 4.43. The number of benzene rings is 1. The van der Waals surface area contributed by atoms with Crippen molar-refractivity contribution in [1.82, 2.24) is 5.32 Å². The predicted octanol–water partition coefficient (Wildman–Crippen LogP) is 1.57. The predicted molar refractivity (Wildman–Crippen MR) is 63.6 cm³/mol. The lowest BCUT2D eigenvalue weighted by molar-refractivity contribution is -0.0147. The van der Waals surface area contributed by atoms with E-state index in [1.54, 1.807) is 0 Å². The van der Waals surface area contributed by atoms with Crippen LogP contribution in [-0.4, -0.2) is 30.4 Å². The quantitative estimate of drug-likeness (QED) is 0.814. The normalized spacial score (nSPS) is 26.1. The first kappa shape index (κ1) is 11.4. The van der Waals surface area contributed by atoms with Gasteiger partial charge in [-0.25, -0.2) is 0 Å². The van der Waals surface area contributed by atoms with Crippen LogP contribution in [0.25, 0.3) is 0 Å². The van der Waals surface area contributed by atoms with Gasteiger partial charge in [-0.2, -0.15) is 0 Å². The molecule has 0 amide bonds. The second-order valence-electron chi connectivity index (χ2n) is 4.43. The van der Waals surface area contributed by atoms with Gasteiger partial charge in [0.2, 0.25) is 0 Å². The summed E-state index contributed by atoms with van der Waals surface area (Å²) in [6, 6.07) is 9.66. The van der Waals surface area contributed by atoms with Crippen LogP contribution in [-0.2, 0) is 0 Å². The fourth-order valence-electron chi connectivity index (χ4n) is 1.99. The van der Waals surface area contributed by atoms with Crippen LogP contribution >= 0.6 is 0 Å². The van der Waals surface area contributed by atoms with Crippen molar-refractivity contribution in [3.05, 3.63) is 30.3 Å². The van der Waals surface area contributed by atoms with Gasteiger partial charge in [-0.3, -0.25) is 0 Å². The van der Waals surface area contributed by atoms with Crippen LogP contribution in [0.2, 0.25) is 0 Å². The SMILES string of the molecule is O[C@@]1(COc2ccccc2)CCCNCC1. The van der Waals surface area contributed by atoms with Gasteiger partial charge in [0, 0.05) is 0 Å². The van der Waals surface area contributed by atoms with Crippen LogP contribution < -0.4 is 10.1 Å². The summed E-state index contributed by atoms with van der Waals surface area (Å²) in [5.41, 5.74) is -0.667. The van der Waals surface area contributed by atoms with Gasteiger partial charge in [0.25, 0.3) is 0 Å². The van der Waals surface area contributed by atoms with Crippen molar-refractivity contribution in [3.8, 4) is 5.75 Å². The Morgan fingerprint density at radius 3 is 2.81 bits per heavy atom. The molecule has 0 bridgehead atoms. The standard InChI is InChI=1S/C13H19NO2/c15-13(7-4-9-14-10-8-13)11-16-12-5-2-1-3-6-12/h1-3,5-6,14-15H,4,7-11H2/t13-/m0/s1. The molecule has 2 N–H and O–H groups in total. The van der Waals surface area contributed by atoms with Crippen molar-refractivity contribution in [3.63, 3.8) is 0 Å². The van der Waals surface area contributed by atoms with E-state index in [1.165, 1.54) is 0 Å². The highest BCUT2D eigenvalue weighted by atomic mass is 16.5. The zero-order valence-electron chi connectivity index (χ0n) is 9.48. The summed E-state index contributed by atoms with van der Waals surface area (Å²) in [7, 11) is 0. The minimum atomic E-state index is -0.667. The minimum Gasteiger partial charge on any atom is -0.491 e. The maximum Gasteiger partial charge on any atom is 0.119 e. The van der Waals surface area contributed by atoms with E-state index in [-0.39, 0.29) is 0 Å². The van der Waals surface area contributed by atoms with E-state index in [2.05, 4.69) is 5.32 Å². The van der Waals surface area contributed by atoms with E-state index < -0.39 is 5.60 Å². The molecule has 0 unspecified atom stereocenters. The van der Waals surface area contributed by atoms with Gasteiger partial charge in [0.15, 0.2) is 0 Å². The summed E-state index contributed by atoms with van der Waals surface area (Å²) in [5.74, 6) is 0.827. The Morgan fingerprint density at radius 1 is 1.19 bits per heavy atom. The highest BCUT2D eigenvalue weighted by Gasteiger charge is 2.28. The summed E-state index contributed by atoms with van der Waals surface area (Å²) in [6.07, 6.45) is 2.58. The van der Waals surface area contributed by atoms with Crippen molar-refractivity contribution in [2.24, 2.45) is 0 Å². The Bertz CT molecular complexity index is 305. The Labute approximate surface area is 96.4 Å². The number of hydrogen-bond donors (Lipinski definition) is 2. The van der Waals surface area contributed by atoms with Gasteiger partial charge >= 0.3 is 0 Å². The number of ether oxygens (including phenoxy) is 1. The number of nitrogens with one attached hydrogen (secondary N) is 1. The van der Waals surface area contributed by atoms with E-state index in [9.17, 15) is 5.11 Å². The molecular weight excluding hydrogens is 202 g/mol. The first-order valence-electron chi connectivity index (χ1n) is 5.89. The lowest BCUT2D eigenvalue weighted by Crippen LogP contribution is -2.36. The van der Waals surface area contributed by atoms with Gasteiger partial charge in [0.05, 0.1) is 5.60 Å². The molecule has 1 aromatic rings. The van der Waals surface area contributed by atoms with Crippen molar-refractivity contribution in [2.45, 2.75) is 24.9 Å². The molecule has 1 aliphatic heterocycles. The third-order valence-corrected chi connectivity index (χ3v) is 3.01. The minimum absolute atomic E-state index is 0.388. The Morgan fingerprint density at radius 2 is 2.00 bits per heavy atom. The van der Waals surface area contributed by atoms with Crippen LogP contribution in [0.1, 0.15) is 19.3 Å². The highest BCUT2D eigenvalue weighted by Crippen LogP contribution is 2.21. The molecule has 0 radical (unpaired) electrons. The average molecular weight is 221 g/mol. The highest BCUT2D eigenvalue weighted by molar-refractivity contribution is 5.21. The van der Waals surface area contributed by atoms with Crippen LogP contribution in [0.15, 0.2) is 30.3 Å². The summed E-state index contributed by atoms with van der Waals surface area (Å²) in [6.45, 7) is 2.25. The van der Waals surface area contributed by atoms with Crippen LogP contribution in [0.4, 0.5) is 0 Å². The first-order valence-corrected chi connectivity index (χ1v) is 5.89. The molecule has 1 fully saturated rings. The number of aliphatic hydroxyl groups is 1. The van der Waals surface area contributed by atoms with Crippen LogP contribution in [0.5, 0.6) is 5.75 Å². The largest absolute Gasteiger partial charge is 0.491 e. The maximum atomic E-state index is 10.3. The van der Waals surface area contributed by atoms with Crippen molar-refractivity contribution >= 4 is 0 Å². The van der Waals surface area contributed by atoms with E-state index in [0.29, 0.717) is 6.61 Å². The van der Waals surface area contributed by atoms with E-state index in [0.717, 1.165) is 38.1 Å². The summed E-state index contributed by atoms with van der Waals surface area (Å²) in [5, 5.41) is 13.6. The Hall–Kier alpha value is -1.06. The van der Waals surface area contributed by atoms with Crippen molar-refractivity contribution < 1.29 is 9.84 Å². The lowest BCUT2D eigenvalue weighted by atomic mass is 9.96. The smallest absolute Gasteiger partial charge is 0.119 e. The first-order chi connectivity index (χ1) is 7.79. The van der Waals surface area contributed by atoms with E-state index in [4.69, 9.17) is 4.74 Å². The fraction of sp³-hybridized carbons (Fsp3) is 0.538. The summed E-state index contributed by atoms with van der Waals surface area (Å²) >= 11 is 0. The molecule has 2 rings (SSSR count). The molecular formula is C13H19NO2. The number of rotatable bonds is 3. The molecule has 0 aromatic heterocycles. The molecule has 1 atom stereocenters. The Balaban J connectivity index is 1.88. The van der Waals surface area contributed by atoms with Crippen LogP contribution in [0, 0.1) is 0 Å². The van der Waals surface area contributed by atoms with Crippen molar-refractivity contribution in [2.75, 3.05) is 19.7 Å². The van der Waals surface area contributed by atoms with E-state index in [1.807, 2.05) is 30.3 Å². The lowest BCUT2D eigenvalue weighted by Gasteiger charge is -2.26. The molecule has 1 aromatic carbocycles.